The maximum atomic E-state index is 13.9. The van der Waals surface area contributed by atoms with Crippen molar-refractivity contribution in [2.24, 2.45) is 7.05 Å². The maximum absolute atomic E-state index is 13.9. The molecule has 102 valence electrons. The van der Waals surface area contributed by atoms with E-state index in [1.165, 1.54) is 6.07 Å². The molecule has 0 aliphatic rings. The highest BCUT2D eigenvalue weighted by Gasteiger charge is 2.18. The fraction of sp³-hybridized carbons (Fsp3) is 0.357. The Hall–Kier alpha value is -1.88. The Morgan fingerprint density at radius 2 is 2.00 bits per heavy atom. The summed E-state index contributed by atoms with van der Waals surface area (Å²) in [4.78, 5) is 0. The second kappa shape index (κ2) is 5.01. The highest BCUT2D eigenvalue weighted by Crippen LogP contribution is 2.34. The number of halogens is 1. The molecule has 1 aromatic carbocycles. The first kappa shape index (κ1) is 13.5. The first-order valence-electron chi connectivity index (χ1n) is 6.06. The highest BCUT2D eigenvalue weighted by molar-refractivity contribution is 5.42. The van der Waals surface area contributed by atoms with Gasteiger partial charge in [0.25, 0.3) is 0 Å². The SMILES string of the molecule is Cc1nn(C)c(C)c1Oc1c(F)cccc1[C@H](C)O. The number of aromatic nitrogens is 2. The average Bonchev–Trinajstić information content (AvgIpc) is 2.57. The van der Waals surface area contributed by atoms with Gasteiger partial charge >= 0.3 is 0 Å². The molecule has 0 radical (unpaired) electrons. The largest absolute Gasteiger partial charge is 0.450 e. The normalized spacial score (nSPS) is 12.5. The number of aliphatic hydroxyl groups excluding tert-OH is 1. The van der Waals surface area contributed by atoms with E-state index < -0.39 is 11.9 Å². The van der Waals surface area contributed by atoms with Crippen LogP contribution in [-0.4, -0.2) is 14.9 Å². The third-order valence-corrected chi connectivity index (χ3v) is 3.09. The van der Waals surface area contributed by atoms with Crippen LogP contribution in [0.1, 0.15) is 30.0 Å². The molecule has 0 aliphatic carbocycles. The predicted octanol–water partition coefficient (Wildman–Crippen LogP) is 3.02. The number of para-hydroxylation sites is 1. The van der Waals surface area contributed by atoms with Gasteiger partial charge in [-0.3, -0.25) is 4.68 Å². The summed E-state index contributed by atoms with van der Waals surface area (Å²) < 4.78 is 21.2. The monoisotopic (exact) mass is 264 g/mol. The number of ether oxygens (including phenoxy) is 1. The zero-order chi connectivity index (χ0) is 14.2. The molecule has 1 atom stereocenters. The maximum Gasteiger partial charge on any atom is 0.171 e. The van der Waals surface area contributed by atoms with Crippen LogP contribution >= 0.6 is 0 Å². The minimum Gasteiger partial charge on any atom is -0.450 e. The van der Waals surface area contributed by atoms with Crippen molar-refractivity contribution in [1.82, 2.24) is 9.78 Å². The van der Waals surface area contributed by atoms with Gasteiger partial charge in [0.2, 0.25) is 0 Å². The van der Waals surface area contributed by atoms with Crippen LogP contribution in [0.4, 0.5) is 4.39 Å². The summed E-state index contributed by atoms with van der Waals surface area (Å²) in [6.07, 6.45) is -0.803. The topological polar surface area (TPSA) is 47.3 Å². The van der Waals surface area contributed by atoms with Gasteiger partial charge in [0, 0.05) is 12.6 Å². The van der Waals surface area contributed by atoms with Gasteiger partial charge < -0.3 is 9.84 Å². The van der Waals surface area contributed by atoms with Crippen molar-refractivity contribution in [3.8, 4) is 11.5 Å². The van der Waals surface area contributed by atoms with E-state index in [1.54, 1.807) is 37.7 Å². The number of benzene rings is 1. The Morgan fingerprint density at radius 1 is 1.32 bits per heavy atom. The van der Waals surface area contributed by atoms with Gasteiger partial charge in [-0.1, -0.05) is 12.1 Å². The molecule has 0 unspecified atom stereocenters. The Morgan fingerprint density at radius 3 is 2.53 bits per heavy atom. The lowest BCUT2D eigenvalue weighted by molar-refractivity contribution is 0.194. The summed E-state index contributed by atoms with van der Waals surface area (Å²) in [6, 6.07) is 4.50. The third-order valence-electron chi connectivity index (χ3n) is 3.09. The molecule has 2 aromatic rings. The van der Waals surface area contributed by atoms with Crippen LogP contribution in [0.5, 0.6) is 11.5 Å². The smallest absolute Gasteiger partial charge is 0.171 e. The van der Waals surface area contributed by atoms with Crippen LogP contribution in [0.3, 0.4) is 0 Å². The van der Waals surface area contributed by atoms with Gasteiger partial charge in [0.05, 0.1) is 11.8 Å². The third kappa shape index (κ3) is 2.46. The number of hydrogen-bond donors (Lipinski definition) is 1. The molecular weight excluding hydrogens is 247 g/mol. The van der Waals surface area contributed by atoms with E-state index in [1.807, 2.05) is 6.92 Å². The average molecular weight is 264 g/mol. The first-order chi connectivity index (χ1) is 8.91. The molecule has 5 heteroatoms. The van der Waals surface area contributed by atoms with Gasteiger partial charge in [0.15, 0.2) is 17.3 Å². The molecule has 0 saturated carbocycles. The molecule has 4 nitrogen and oxygen atoms in total. The molecule has 2 rings (SSSR count). The van der Waals surface area contributed by atoms with Crippen molar-refractivity contribution in [1.29, 1.82) is 0 Å². The Balaban J connectivity index is 2.49. The van der Waals surface area contributed by atoms with E-state index in [4.69, 9.17) is 4.74 Å². The standard InChI is InChI=1S/C14H17FN2O2/c1-8-13(9(2)17(4)16-8)19-14-11(10(3)18)6-5-7-12(14)15/h5-7,10,18H,1-4H3/t10-/m0/s1. The van der Waals surface area contributed by atoms with Crippen LogP contribution < -0.4 is 4.74 Å². The molecular formula is C14H17FN2O2. The zero-order valence-electron chi connectivity index (χ0n) is 11.4. The summed E-state index contributed by atoms with van der Waals surface area (Å²) in [6.45, 7) is 5.22. The number of hydrogen-bond acceptors (Lipinski definition) is 3. The van der Waals surface area contributed by atoms with Gasteiger partial charge in [-0.2, -0.15) is 5.10 Å². The van der Waals surface area contributed by atoms with Crippen LogP contribution in [-0.2, 0) is 7.05 Å². The van der Waals surface area contributed by atoms with E-state index in [2.05, 4.69) is 5.10 Å². The Kier molecular flexibility index (Phi) is 3.57. The van der Waals surface area contributed by atoms with E-state index in [0.717, 1.165) is 5.69 Å². The number of aryl methyl sites for hydroxylation is 2. The van der Waals surface area contributed by atoms with E-state index >= 15 is 0 Å². The van der Waals surface area contributed by atoms with Crippen LogP contribution in [0.25, 0.3) is 0 Å². The van der Waals surface area contributed by atoms with E-state index in [0.29, 0.717) is 17.0 Å². The lowest BCUT2D eigenvalue weighted by Gasteiger charge is -2.14. The fourth-order valence-corrected chi connectivity index (χ4v) is 1.97. The lowest BCUT2D eigenvalue weighted by atomic mass is 10.1. The van der Waals surface area contributed by atoms with Gasteiger partial charge in [-0.25, -0.2) is 4.39 Å². The van der Waals surface area contributed by atoms with Crippen molar-refractivity contribution in [2.45, 2.75) is 26.9 Å². The molecule has 1 heterocycles. The number of aliphatic hydroxyl groups is 1. The summed E-state index contributed by atoms with van der Waals surface area (Å²) >= 11 is 0. The summed E-state index contributed by atoms with van der Waals surface area (Å²) in [5, 5.41) is 13.9. The van der Waals surface area contributed by atoms with Crippen molar-refractivity contribution < 1.29 is 14.2 Å². The number of nitrogens with zero attached hydrogens (tertiary/aromatic N) is 2. The van der Waals surface area contributed by atoms with Crippen molar-refractivity contribution in [3.63, 3.8) is 0 Å². The summed E-state index contributed by atoms with van der Waals surface area (Å²) in [7, 11) is 1.80. The highest BCUT2D eigenvalue weighted by atomic mass is 19.1. The fourth-order valence-electron chi connectivity index (χ4n) is 1.97. The van der Waals surface area contributed by atoms with Gasteiger partial charge in [-0.05, 0) is 26.8 Å². The Labute approximate surface area is 111 Å². The van der Waals surface area contributed by atoms with Crippen molar-refractivity contribution in [3.05, 3.63) is 41.0 Å². The minimum absolute atomic E-state index is 0.0525. The molecule has 0 aliphatic heterocycles. The lowest BCUT2D eigenvalue weighted by Crippen LogP contribution is -2.00. The molecule has 0 bridgehead atoms. The van der Waals surface area contributed by atoms with Crippen LogP contribution in [0.2, 0.25) is 0 Å². The minimum atomic E-state index is -0.803. The molecule has 0 spiro atoms. The van der Waals surface area contributed by atoms with Gasteiger partial charge in [0.1, 0.15) is 5.69 Å². The Bertz CT molecular complexity index is 606. The second-order valence-corrected chi connectivity index (χ2v) is 4.56. The van der Waals surface area contributed by atoms with Crippen LogP contribution in [0, 0.1) is 19.7 Å². The molecule has 0 amide bonds. The molecule has 1 N–H and O–H groups in total. The molecule has 1 aromatic heterocycles. The second-order valence-electron chi connectivity index (χ2n) is 4.56. The van der Waals surface area contributed by atoms with Crippen LogP contribution in [0.15, 0.2) is 18.2 Å². The van der Waals surface area contributed by atoms with Gasteiger partial charge in [-0.15, -0.1) is 0 Å². The quantitative estimate of drug-likeness (QED) is 0.927. The molecule has 19 heavy (non-hydrogen) atoms. The van der Waals surface area contributed by atoms with Crippen molar-refractivity contribution in [2.75, 3.05) is 0 Å². The van der Waals surface area contributed by atoms with E-state index in [-0.39, 0.29) is 5.75 Å². The summed E-state index contributed by atoms with van der Waals surface area (Å²) in [5.41, 5.74) is 1.90. The van der Waals surface area contributed by atoms with E-state index in [9.17, 15) is 9.50 Å². The first-order valence-corrected chi connectivity index (χ1v) is 6.06. The number of rotatable bonds is 3. The zero-order valence-corrected chi connectivity index (χ0v) is 11.4. The van der Waals surface area contributed by atoms with Crippen molar-refractivity contribution >= 4 is 0 Å². The predicted molar refractivity (Wildman–Crippen MR) is 69.8 cm³/mol. The molecule has 0 saturated heterocycles. The summed E-state index contributed by atoms with van der Waals surface area (Å²) in [5.74, 6) is 0.0762. The molecule has 0 fully saturated rings.